The maximum absolute atomic E-state index is 14.0. The van der Waals surface area contributed by atoms with Crippen molar-refractivity contribution in [2.24, 2.45) is 0 Å². The highest BCUT2D eigenvalue weighted by Crippen LogP contribution is 2.34. The van der Waals surface area contributed by atoms with Gasteiger partial charge in [0, 0.05) is 28.9 Å². The highest BCUT2D eigenvalue weighted by atomic mass is 79.9. The fourth-order valence-corrected chi connectivity index (χ4v) is 4.33. The Kier molecular flexibility index (Phi) is 5.97. The number of halogens is 3. The fourth-order valence-electron chi connectivity index (χ4n) is 1.51. The van der Waals surface area contributed by atoms with E-state index in [0.29, 0.717) is 0 Å². The van der Waals surface area contributed by atoms with Crippen LogP contribution in [-0.2, 0) is 20.8 Å². The lowest BCUT2D eigenvalue weighted by Gasteiger charge is -2.15. The zero-order valence-corrected chi connectivity index (χ0v) is 14.6. The highest BCUT2D eigenvalue weighted by Gasteiger charge is 2.25. The lowest BCUT2D eigenvalue weighted by atomic mass is 10.3. The number of hydrogen-bond acceptors (Lipinski definition) is 4. The summed E-state index contributed by atoms with van der Waals surface area (Å²) in [6.07, 6.45) is 1.44. The molecule has 0 heterocycles. The molecule has 1 aromatic carbocycles. The standard InChI is InChI=1S/C10H13BrClFN2O3S2/c1-5(4-19(2)16)15-20(17,18)7-3-6(12)8(11)10(14)9(7)13/h3,5,15H,4,14H2,1-2H3. The maximum Gasteiger partial charge on any atom is 0.243 e. The van der Waals surface area contributed by atoms with Crippen molar-refractivity contribution in [3.8, 4) is 0 Å². The SMILES string of the molecule is CC(CS(C)=O)NS(=O)(=O)c1cc(Cl)c(Br)c(N)c1F. The van der Waals surface area contributed by atoms with Gasteiger partial charge in [-0.1, -0.05) is 11.6 Å². The molecule has 1 rings (SSSR count). The van der Waals surface area contributed by atoms with E-state index in [1.54, 1.807) is 0 Å². The van der Waals surface area contributed by atoms with E-state index >= 15 is 0 Å². The summed E-state index contributed by atoms with van der Waals surface area (Å²) in [7, 11) is -5.33. The molecule has 0 bridgehead atoms. The number of rotatable bonds is 5. The topological polar surface area (TPSA) is 89.3 Å². The van der Waals surface area contributed by atoms with Crippen molar-refractivity contribution in [3.63, 3.8) is 0 Å². The largest absolute Gasteiger partial charge is 0.395 e. The Labute approximate surface area is 132 Å². The third-order valence-electron chi connectivity index (χ3n) is 2.29. The van der Waals surface area contributed by atoms with Crippen LogP contribution in [0.2, 0.25) is 5.02 Å². The quantitative estimate of drug-likeness (QED) is 0.576. The molecule has 0 aliphatic rings. The van der Waals surface area contributed by atoms with Crippen LogP contribution in [-0.4, -0.2) is 30.7 Å². The minimum Gasteiger partial charge on any atom is -0.395 e. The number of nitrogens with one attached hydrogen (secondary N) is 1. The molecule has 0 amide bonds. The van der Waals surface area contributed by atoms with Crippen molar-refractivity contribution in [1.29, 1.82) is 0 Å². The number of nitrogens with two attached hydrogens (primary N) is 1. The third kappa shape index (κ3) is 4.14. The lowest BCUT2D eigenvalue weighted by Crippen LogP contribution is -2.36. The summed E-state index contributed by atoms with van der Waals surface area (Å²) in [5.74, 6) is -0.973. The average molecular weight is 408 g/mol. The smallest absolute Gasteiger partial charge is 0.243 e. The molecule has 0 spiro atoms. The molecule has 0 aliphatic heterocycles. The van der Waals surface area contributed by atoms with Crippen LogP contribution in [0.3, 0.4) is 0 Å². The zero-order chi connectivity index (χ0) is 15.7. The van der Waals surface area contributed by atoms with E-state index in [1.165, 1.54) is 13.2 Å². The van der Waals surface area contributed by atoms with Crippen LogP contribution in [0.15, 0.2) is 15.4 Å². The second-order valence-electron chi connectivity index (χ2n) is 4.16. The molecule has 114 valence electrons. The van der Waals surface area contributed by atoms with Crippen LogP contribution >= 0.6 is 27.5 Å². The second-order valence-corrected chi connectivity index (χ2v) is 8.52. The Balaban J connectivity index is 3.20. The average Bonchev–Trinajstić information content (AvgIpc) is 2.29. The van der Waals surface area contributed by atoms with Crippen molar-refractivity contribution in [3.05, 3.63) is 21.4 Å². The minimum atomic E-state index is -4.14. The Hall–Kier alpha value is -0.220. The van der Waals surface area contributed by atoms with Gasteiger partial charge >= 0.3 is 0 Å². The molecule has 2 unspecified atom stereocenters. The number of anilines is 1. The van der Waals surface area contributed by atoms with Gasteiger partial charge in [0.25, 0.3) is 0 Å². The van der Waals surface area contributed by atoms with E-state index in [4.69, 9.17) is 17.3 Å². The summed E-state index contributed by atoms with van der Waals surface area (Å²) >= 11 is 8.75. The molecular weight excluding hydrogens is 395 g/mol. The lowest BCUT2D eigenvalue weighted by molar-refractivity contribution is 0.550. The first kappa shape index (κ1) is 17.8. The zero-order valence-electron chi connectivity index (χ0n) is 10.6. The fraction of sp³-hybridized carbons (Fsp3) is 0.400. The summed E-state index contributed by atoms with van der Waals surface area (Å²) in [6, 6.07) is 0.351. The first-order chi connectivity index (χ1) is 9.06. The first-order valence-corrected chi connectivity index (χ1v) is 9.69. The number of sulfonamides is 1. The molecule has 0 aromatic heterocycles. The van der Waals surface area contributed by atoms with Gasteiger partial charge in [0.05, 0.1) is 15.2 Å². The summed E-state index contributed by atoms with van der Waals surface area (Å²) in [6.45, 7) is 1.53. The van der Waals surface area contributed by atoms with Gasteiger partial charge in [-0.15, -0.1) is 0 Å². The van der Waals surface area contributed by atoms with E-state index < -0.39 is 37.6 Å². The van der Waals surface area contributed by atoms with Crippen LogP contribution < -0.4 is 10.5 Å². The molecule has 5 nitrogen and oxygen atoms in total. The summed E-state index contributed by atoms with van der Waals surface area (Å²) in [5.41, 5.74) is 5.06. The molecule has 1 aromatic rings. The van der Waals surface area contributed by atoms with Crippen molar-refractivity contribution in [1.82, 2.24) is 4.72 Å². The van der Waals surface area contributed by atoms with Crippen molar-refractivity contribution in [2.75, 3.05) is 17.7 Å². The second kappa shape index (κ2) is 6.69. The number of nitrogen functional groups attached to an aromatic ring is 1. The van der Waals surface area contributed by atoms with Crippen LogP contribution in [0.4, 0.5) is 10.1 Å². The summed E-state index contributed by atoms with van der Waals surface area (Å²) in [5, 5.41) is -0.0176. The molecule has 2 atom stereocenters. The van der Waals surface area contributed by atoms with E-state index in [2.05, 4.69) is 20.7 Å². The molecule has 20 heavy (non-hydrogen) atoms. The minimum absolute atomic E-state index is 0.0176. The van der Waals surface area contributed by atoms with Gasteiger partial charge in [0.1, 0.15) is 4.90 Å². The van der Waals surface area contributed by atoms with Gasteiger partial charge in [-0.25, -0.2) is 17.5 Å². The van der Waals surface area contributed by atoms with Crippen LogP contribution in [0.5, 0.6) is 0 Å². The molecular formula is C10H13BrClFN2O3S2. The summed E-state index contributed by atoms with van der Waals surface area (Å²) < 4.78 is 51.5. The predicted molar refractivity (Wildman–Crippen MR) is 82.2 cm³/mol. The number of benzene rings is 1. The Morgan fingerprint density at radius 1 is 1.60 bits per heavy atom. The van der Waals surface area contributed by atoms with Crippen LogP contribution in [0.25, 0.3) is 0 Å². The van der Waals surface area contributed by atoms with Gasteiger partial charge in [-0.05, 0) is 28.9 Å². The van der Waals surface area contributed by atoms with Gasteiger partial charge in [-0.3, -0.25) is 4.21 Å². The third-order valence-corrected chi connectivity index (χ3v) is 6.23. The Morgan fingerprint density at radius 3 is 2.65 bits per heavy atom. The van der Waals surface area contributed by atoms with E-state index in [9.17, 15) is 17.0 Å². The monoisotopic (exact) mass is 406 g/mol. The predicted octanol–water partition coefficient (Wildman–Crippen LogP) is 1.87. The Bertz CT molecular complexity index is 654. The molecule has 0 saturated heterocycles. The van der Waals surface area contributed by atoms with E-state index in [1.807, 2.05) is 0 Å². The van der Waals surface area contributed by atoms with Crippen molar-refractivity contribution >= 4 is 54.0 Å². The van der Waals surface area contributed by atoms with Gasteiger partial charge in [0.2, 0.25) is 10.0 Å². The highest BCUT2D eigenvalue weighted by molar-refractivity contribution is 9.10. The van der Waals surface area contributed by atoms with Gasteiger partial charge in [-0.2, -0.15) is 0 Å². The van der Waals surface area contributed by atoms with Gasteiger partial charge in [0.15, 0.2) is 5.82 Å². The maximum atomic E-state index is 14.0. The van der Waals surface area contributed by atoms with Gasteiger partial charge < -0.3 is 5.73 Å². The number of hydrogen-bond donors (Lipinski definition) is 2. The molecule has 0 saturated carbocycles. The van der Waals surface area contributed by atoms with E-state index in [-0.39, 0.29) is 20.9 Å². The van der Waals surface area contributed by atoms with Crippen molar-refractivity contribution in [2.45, 2.75) is 17.9 Å². The van der Waals surface area contributed by atoms with Crippen LogP contribution in [0.1, 0.15) is 6.92 Å². The first-order valence-electron chi connectivity index (χ1n) is 5.31. The normalized spacial score (nSPS) is 15.1. The molecule has 10 heteroatoms. The molecule has 3 N–H and O–H groups in total. The van der Waals surface area contributed by atoms with Crippen LogP contribution in [0, 0.1) is 5.82 Å². The molecule has 0 fully saturated rings. The Morgan fingerprint density at radius 2 is 2.15 bits per heavy atom. The molecule has 0 radical (unpaired) electrons. The summed E-state index contributed by atoms with van der Waals surface area (Å²) in [4.78, 5) is -0.642. The van der Waals surface area contributed by atoms with E-state index in [0.717, 1.165) is 6.07 Å². The molecule has 0 aliphatic carbocycles. The van der Waals surface area contributed by atoms with Crippen molar-refractivity contribution < 1.29 is 17.0 Å².